The van der Waals surface area contributed by atoms with Gasteiger partial charge in [0.1, 0.15) is 0 Å². The summed E-state index contributed by atoms with van der Waals surface area (Å²) in [5.41, 5.74) is 1.55. The molecule has 0 radical (unpaired) electrons. The van der Waals surface area contributed by atoms with E-state index in [-0.39, 0.29) is 5.91 Å². The first kappa shape index (κ1) is 13.8. The summed E-state index contributed by atoms with van der Waals surface area (Å²) in [5, 5.41) is 3.24. The van der Waals surface area contributed by atoms with Crippen LogP contribution in [0.25, 0.3) is 6.08 Å². The number of benzene rings is 2. The highest BCUT2D eigenvalue weighted by Crippen LogP contribution is 2.25. The lowest BCUT2D eigenvalue weighted by molar-refractivity contribution is -0.111. The average Bonchev–Trinajstić information content (AvgIpc) is 2.42. The maximum atomic E-state index is 11.8. The third-order valence-electron chi connectivity index (χ3n) is 2.41. The fraction of sp³-hybridized carbons (Fsp3) is 0. The van der Waals surface area contributed by atoms with Crippen LogP contribution >= 0.6 is 27.5 Å². The van der Waals surface area contributed by atoms with Crippen LogP contribution in [0.1, 0.15) is 5.56 Å². The van der Waals surface area contributed by atoms with Gasteiger partial charge in [-0.3, -0.25) is 4.79 Å². The van der Waals surface area contributed by atoms with Gasteiger partial charge in [-0.2, -0.15) is 0 Å². The Kier molecular flexibility index (Phi) is 4.77. The highest BCUT2D eigenvalue weighted by Gasteiger charge is 2.03. The zero-order chi connectivity index (χ0) is 13.7. The van der Waals surface area contributed by atoms with Gasteiger partial charge in [0, 0.05) is 10.5 Å². The number of hydrogen-bond acceptors (Lipinski definition) is 1. The van der Waals surface area contributed by atoms with Crippen molar-refractivity contribution in [1.82, 2.24) is 0 Å². The first-order valence-corrected chi connectivity index (χ1v) is 6.81. The first-order chi connectivity index (χ1) is 9.15. The van der Waals surface area contributed by atoms with E-state index in [4.69, 9.17) is 11.6 Å². The van der Waals surface area contributed by atoms with Gasteiger partial charge in [-0.05, 0) is 29.8 Å². The minimum absolute atomic E-state index is 0.219. The second kappa shape index (κ2) is 6.55. The molecule has 0 saturated carbocycles. The number of carbonyl (C=O) groups is 1. The second-order valence-corrected chi connectivity index (χ2v) is 5.18. The van der Waals surface area contributed by atoms with Crippen molar-refractivity contribution in [2.24, 2.45) is 0 Å². The van der Waals surface area contributed by atoms with Crippen LogP contribution < -0.4 is 5.32 Å². The van der Waals surface area contributed by atoms with Gasteiger partial charge in [-0.25, -0.2) is 0 Å². The largest absolute Gasteiger partial charge is 0.321 e. The van der Waals surface area contributed by atoms with E-state index in [9.17, 15) is 4.79 Å². The number of rotatable bonds is 3. The van der Waals surface area contributed by atoms with Crippen LogP contribution in [0.15, 0.2) is 59.1 Å². The number of nitrogens with one attached hydrogen (secondary N) is 1. The van der Waals surface area contributed by atoms with Gasteiger partial charge in [-0.15, -0.1) is 0 Å². The van der Waals surface area contributed by atoms with E-state index >= 15 is 0 Å². The van der Waals surface area contributed by atoms with Crippen LogP contribution in [-0.2, 0) is 4.79 Å². The molecule has 0 heterocycles. The lowest BCUT2D eigenvalue weighted by Crippen LogP contribution is -2.08. The molecule has 0 fully saturated rings. The number of halogens is 2. The molecular formula is C15H11BrClNO. The molecule has 0 bridgehead atoms. The van der Waals surface area contributed by atoms with Crippen molar-refractivity contribution in [2.45, 2.75) is 0 Å². The fourth-order valence-corrected chi connectivity index (χ4v) is 2.03. The molecule has 2 aromatic carbocycles. The van der Waals surface area contributed by atoms with E-state index in [2.05, 4.69) is 21.2 Å². The second-order valence-electron chi connectivity index (χ2n) is 3.86. The van der Waals surface area contributed by atoms with Crippen molar-refractivity contribution >= 4 is 45.2 Å². The van der Waals surface area contributed by atoms with Crippen molar-refractivity contribution in [3.8, 4) is 0 Å². The van der Waals surface area contributed by atoms with Gasteiger partial charge in [0.2, 0.25) is 5.91 Å². The standard InChI is InChI=1S/C15H11BrClNO/c16-12-7-8-13(17)14(10-12)18-15(19)9-6-11-4-2-1-3-5-11/h1-10H,(H,18,19). The Labute approximate surface area is 125 Å². The predicted octanol–water partition coefficient (Wildman–Crippen LogP) is 4.75. The topological polar surface area (TPSA) is 29.1 Å². The van der Waals surface area contributed by atoms with Crippen molar-refractivity contribution in [3.05, 3.63) is 69.7 Å². The zero-order valence-corrected chi connectivity index (χ0v) is 12.3. The number of hydrogen-bond donors (Lipinski definition) is 1. The van der Waals surface area contributed by atoms with E-state index in [1.165, 1.54) is 6.08 Å². The normalized spacial score (nSPS) is 10.6. The summed E-state index contributed by atoms with van der Waals surface area (Å²) < 4.78 is 0.860. The van der Waals surface area contributed by atoms with Gasteiger partial charge >= 0.3 is 0 Å². The molecule has 0 aliphatic heterocycles. The number of amides is 1. The molecule has 1 N–H and O–H groups in total. The highest BCUT2D eigenvalue weighted by molar-refractivity contribution is 9.10. The average molecular weight is 337 g/mol. The molecule has 2 aromatic rings. The van der Waals surface area contributed by atoms with Gasteiger partial charge in [0.05, 0.1) is 10.7 Å². The van der Waals surface area contributed by atoms with E-state index < -0.39 is 0 Å². The summed E-state index contributed by atoms with van der Waals surface area (Å²) in [6.45, 7) is 0. The summed E-state index contributed by atoms with van der Waals surface area (Å²) in [4.78, 5) is 11.8. The zero-order valence-electron chi connectivity index (χ0n) is 9.94. The Morgan fingerprint density at radius 3 is 2.63 bits per heavy atom. The number of carbonyl (C=O) groups excluding carboxylic acids is 1. The van der Waals surface area contributed by atoms with Gasteiger partial charge < -0.3 is 5.32 Å². The Morgan fingerprint density at radius 2 is 1.89 bits per heavy atom. The molecule has 0 spiro atoms. The summed E-state index contributed by atoms with van der Waals surface area (Å²) >= 11 is 9.33. The molecule has 0 aliphatic carbocycles. The quantitative estimate of drug-likeness (QED) is 0.805. The van der Waals surface area contributed by atoms with E-state index in [1.807, 2.05) is 36.4 Å². The van der Waals surface area contributed by atoms with Crippen LogP contribution in [-0.4, -0.2) is 5.91 Å². The van der Waals surface area contributed by atoms with Crippen LogP contribution in [0, 0.1) is 0 Å². The SMILES string of the molecule is O=C(C=Cc1ccccc1)Nc1cc(Br)ccc1Cl. The summed E-state index contributed by atoms with van der Waals surface area (Å²) in [6, 6.07) is 14.9. The van der Waals surface area contributed by atoms with Crippen LogP contribution in [0.2, 0.25) is 5.02 Å². The van der Waals surface area contributed by atoms with Crippen molar-refractivity contribution in [2.75, 3.05) is 5.32 Å². The summed E-state index contributed by atoms with van der Waals surface area (Å²) in [6.07, 6.45) is 3.23. The first-order valence-electron chi connectivity index (χ1n) is 5.64. The van der Waals surface area contributed by atoms with E-state index in [0.29, 0.717) is 10.7 Å². The molecule has 1 amide bonds. The van der Waals surface area contributed by atoms with Crippen LogP contribution in [0.5, 0.6) is 0 Å². The Bertz CT molecular complexity index is 611. The Hall–Kier alpha value is -1.58. The molecule has 0 aliphatic rings. The van der Waals surface area contributed by atoms with Gasteiger partial charge in [0.15, 0.2) is 0 Å². The molecule has 0 atom stereocenters. The molecule has 19 heavy (non-hydrogen) atoms. The summed E-state index contributed by atoms with van der Waals surface area (Å²) in [5.74, 6) is -0.219. The maximum Gasteiger partial charge on any atom is 0.248 e. The van der Waals surface area contributed by atoms with E-state index in [0.717, 1.165) is 10.0 Å². The molecule has 0 saturated heterocycles. The fourth-order valence-electron chi connectivity index (χ4n) is 1.50. The molecule has 0 unspecified atom stereocenters. The molecule has 96 valence electrons. The van der Waals surface area contributed by atoms with Gasteiger partial charge in [-0.1, -0.05) is 57.9 Å². The Balaban J connectivity index is 2.06. The van der Waals surface area contributed by atoms with Crippen molar-refractivity contribution in [3.63, 3.8) is 0 Å². The predicted molar refractivity (Wildman–Crippen MR) is 83.3 cm³/mol. The van der Waals surface area contributed by atoms with Gasteiger partial charge in [0.25, 0.3) is 0 Å². The minimum atomic E-state index is -0.219. The lowest BCUT2D eigenvalue weighted by atomic mass is 10.2. The van der Waals surface area contributed by atoms with Crippen LogP contribution in [0.3, 0.4) is 0 Å². The molecule has 4 heteroatoms. The van der Waals surface area contributed by atoms with E-state index in [1.54, 1.807) is 18.2 Å². The molecule has 0 aromatic heterocycles. The third kappa shape index (κ3) is 4.23. The summed E-state index contributed by atoms with van der Waals surface area (Å²) in [7, 11) is 0. The molecule has 2 nitrogen and oxygen atoms in total. The minimum Gasteiger partial charge on any atom is -0.321 e. The lowest BCUT2D eigenvalue weighted by Gasteiger charge is -2.05. The smallest absolute Gasteiger partial charge is 0.248 e. The maximum absolute atomic E-state index is 11.8. The third-order valence-corrected chi connectivity index (χ3v) is 3.24. The van der Waals surface area contributed by atoms with Crippen molar-refractivity contribution in [1.29, 1.82) is 0 Å². The van der Waals surface area contributed by atoms with Crippen LogP contribution in [0.4, 0.5) is 5.69 Å². The number of anilines is 1. The highest BCUT2D eigenvalue weighted by atomic mass is 79.9. The molecular weight excluding hydrogens is 326 g/mol. The monoisotopic (exact) mass is 335 g/mol. The van der Waals surface area contributed by atoms with Crippen molar-refractivity contribution < 1.29 is 4.79 Å². The molecule has 2 rings (SSSR count). The Morgan fingerprint density at radius 1 is 1.16 bits per heavy atom.